The van der Waals surface area contributed by atoms with Gasteiger partial charge >= 0.3 is 0 Å². The van der Waals surface area contributed by atoms with Gasteiger partial charge in [-0.25, -0.2) is 0 Å². The van der Waals surface area contributed by atoms with Crippen LogP contribution in [0.3, 0.4) is 0 Å². The summed E-state index contributed by atoms with van der Waals surface area (Å²) in [5, 5.41) is 0.282. The van der Waals surface area contributed by atoms with Gasteiger partial charge in [0.15, 0.2) is 0 Å². The first-order valence-corrected chi connectivity index (χ1v) is 5.42. The molecule has 1 aromatic rings. The Morgan fingerprint density at radius 3 is 2.64 bits per heavy atom. The lowest BCUT2D eigenvalue weighted by Gasteiger charge is -2.03. The Kier molecular flexibility index (Phi) is 3.49. The smallest absolute Gasteiger partial charge is 0.230 e. The van der Waals surface area contributed by atoms with Gasteiger partial charge < -0.3 is 11.5 Å². The number of hydrogen-bond acceptors (Lipinski definition) is 3. The molecule has 1 aromatic carbocycles. The van der Waals surface area contributed by atoms with Crippen LogP contribution in [0.25, 0.3) is 0 Å². The van der Waals surface area contributed by atoms with E-state index in [0.29, 0.717) is 10.6 Å². The van der Waals surface area contributed by atoms with Crippen LogP contribution in [0.2, 0.25) is 5.02 Å². The predicted octanol–water partition coefficient (Wildman–Crippen LogP) is 0.515. The highest BCUT2D eigenvalue weighted by Gasteiger charge is 2.11. The van der Waals surface area contributed by atoms with E-state index in [-0.39, 0.29) is 10.8 Å². The average molecular weight is 233 g/mol. The highest BCUT2D eigenvalue weighted by molar-refractivity contribution is 7.85. The molecule has 14 heavy (non-hydrogen) atoms. The van der Waals surface area contributed by atoms with Crippen LogP contribution in [0.1, 0.15) is 0 Å². The topological polar surface area (TPSA) is 86.2 Å². The van der Waals surface area contributed by atoms with Gasteiger partial charge in [0.2, 0.25) is 5.91 Å². The van der Waals surface area contributed by atoms with E-state index in [2.05, 4.69) is 0 Å². The summed E-state index contributed by atoms with van der Waals surface area (Å²) >= 11 is 5.78. The van der Waals surface area contributed by atoms with Gasteiger partial charge in [0.1, 0.15) is 5.75 Å². The molecule has 1 amide bonds. The van der Waals surface area contributed by atoms with Crippen molar-refractivity contribution in [3.8, 4) is 0 Å². The molecule has 0 aliphatic carbocycles. The number of nitrogens with two attached hydrogens (primary N) is 2. The molecule has 0 fully saturated rings. The maximum absolute atomic E-state index is 11.5. The Hall–Kier alpha value is -1.07. The fraction of sp³-hybridized carbons (Fsp3) is 0.125. The number of amides is 1. The molecule has 0 bridgehead atoms. The minimum absolute atomic E-state index is 0.233. The number of carbonyl (C=O) groups is 1. The molecule has 1 atom stereocenters. The number of benzene rings is 1. The van der Waals surface area contributed by atoms with Crippen LogP contribution >= 0.6 is 11.6 Å². The van der Waals surface area contributed by atoms with Crippen molar-refractivity contribution < 1.29 is 9.00 Å². The molecular formula is C8H9ClN2O2S. The maximum atomic E-state index is 11.5. The van der Waals surface area contributed by atoms with Crippen LogP contribution in [0.15, 0.2) is 23.1 Å². The summed E-state index contributed by atoms with van der Waals surface area (Å²) in [5.41, 5.74) is 10.8. The highest BCUT2D eigenvalue weighted by Crippen LogP contribution is 2.22. The monoisotopic (exact) mass is 232 g/mol. The second-order valence-corrected chi connectivity index (χ2v) is 4.47. The van der Waals surface area contributed by atoms with Crippen LogP contribution in [0.5, 0.6) is 0 Å². The van der Waals surface area contributed by atoms with Crippen LogP contribution in [0, 0.1) is 0 Å². The molecule has 0 aromatic heterocycles. The van der Waals surface area contributed by atoms with Gasteiger partial charge in [0.25, 0.3) is 0 Å². The lowest BCUT2D eigenvalue weighted by Crippen LogP contribution is -2.19. The first-order valence-electron chi connectivity index (χ1n) is 3.72. The summed E-state index contributed by atoms with van der Waals surface area (Å²) in [5.74, 6) is -0.861. The van der Waals surface area contributed by atoms with Gasteiger partial charge in [-0.1, -0.05) is 11.6 Å². The van der Waals surface area contributed by atoms with Crippen molar-refractivity contribution in [2.75, 3.05) is 11.5 Å². The lowest BCUT2D eigenvalue weighted by molar-refractivity contribution is -0.115. The molecule has 0 aliphatic rings. The number of primary amides is 1. The summed E-state index contributed by atoms with van der Waals surface area (Å²) in [6.45, 7) is 0. The van der Waals surface area contributed by atoms with Crippen LogP contribution in [-0.2, 0) is 15.6 Å². The van der Waals surface area contributed by atoms with E-state index in [0.717, 1.165) is 0 Å². The van der Waals surface area contributed by atoms with E-state index in [4.69, 9.17) is 23.1 Å². The van der Waals surface area contributed by atoms with E-state index < -0.39 is 16.7 Å². The van der Waals surface area contributed by atoms with Gasteiger partial charge in [-0.05, 0) is 18.2 Å². The van der Waals surface area contributed by atoms with Gasteiger partial charge in [-0.15, -0.1) is 0 Å². The van der Waals surface area contributed by atoms with Crippen molar-refractivity contribution >= 4 is 34.0 Å². The summed E-state index contributed by atoms with van der Waals surface area (Å²) in [6, 6.07) is 4.58. The van der Waals surface area contributed by atoms with Crippen LogP contribution in [-0.4, -0.2) is 15.9 Å². The van der Waals surface area contributed by atoms with E-state index in [1.807, 2.05) is 0 Å². The van der Waals surface area contributed by atoms with E-state index in [9.17, 15) is 9.00 Å². The molecule has 0 heterocycles. The summed E-state index contributed by atoms with van der Waals surface area (Å²) in [7, 11) is -1.50. The SMILES string of the molecule is NC(=O)CS(=O)c1ccc(N)cc1Cl. The molecule has 0 saturated heterocycles. The molecule has 76 valence electrons. The van der Waals surface area contributed by atoms with E-state index >= 15 is 0 Å². The summed E-state index contributed by atoms with van der Waals surface area (Å²) < 4.78 is 11.5. The average Bonchev–Trinajstić information content (AvgIpc) is 2.01. The number of rotatable bonds is 3. The third-order valence-electron chi connectivity index (χ3n) is 1.47. The molecule has 0 aliphatic heterocycles. The number of anilines is 1. The van der Waals surface area contributed by atoms with Crippen molar-refractivity contribution in [1.82, 2.24) is 0 Å². The second-order valence-electron chi connectivity index (χ2n) is 2.65. The fourth-order valence-electron chi connectivity index (χ4n) is 0.909. The Labute approximate surface area is 88.7 Å². The minimum Gasteiger partial charge on any atom is -0.399 e. The maximum Gasteiger partial charge on any atom is 0.230 e. The Balaban J connectivity index is 2.96. The normalized spacial score (nSPS) is 12.4. The zero-order chi connectivity index (χ0) is 10.7. The Morgan fingerprint density at radius 2 is 2.14 bits per heavy atom. The number of nitrogen functional groups attached to an aromatic ring is 1. The van der Waals surface area contributed by atoms with Crippen molar-refractivity contribution in [2.45, 2.75) is 4.90 Å². The van der Waals surface area contributed by atoms with Crippen LogP contribution < -0.4 is 11.5 Å². The first-order chi connectivity index (χ1) is 6.50. The van der Waals surface area contributed by atoms with Gasteiger partial charge in [-0.3, -0.25) is 9.00 Å². The molecule has 4 N–H and O–H groups in total. The van der Waals surface area contributed by atoms with Crippen LogP contribution in [0.4, 0.5) is 5.69 Å². The second kappa shape index (κ2) is 4.43. The molecule has 1 rings (SSSR count). The molecule has 0 radical (unpaired) electrons. The molecule has 4 nitrogen and oxygen atoms in total. The molecule has 1 unspecified atom stereocenters. The van der Waals surface area contributed by atoms with Crippen molar-refractivity contribution in [3.63, 3.8) is 0 Å². The molecule has 0 saturated carbocycles. The Morgan fingerprint density at radius 1 is 1.50 bits per heavy atom. The quantitative estimate of drug-likeness (QED) is 0.745. The summed E-state index contributed by atoms with van der Waals surface area (Å²) in [4.78, 5) is 10.9. The largest absolute Gasteiger partial charge is 0.399 e. The third kappa shape index (κ3) is 2.71. The van der Waals surface area contributed by atoms with E-state index in [1.165, 1.54) is 12.1 Å². The standard InChI is InChI=1S/C8H9ClN2O2S/c9-6-3-5(10)1-2-7(6)14(13)4-8(11)12/h1-3H,4,10H2,(H2,11,12). The lowest BCUT2D eigenvalue weighted by atomic mass is 10.3. The number of carbonyl (C=O) groups excluding carboxylic acids is 1. The molecular weight excluding hydrogens is 224 g/mol. The highest BCUT2D eigenvalue weighted by atomic mass is 35.5. The predicted molar refractivity (Wildman–Crippen MR) is 56.3 cm³/mol. The first kappa shape index (κ1) is 11.0. The molecule has 0 spiro atoms. The Bertz CT molecular complexity index is 395. The van der Waals surface area contributed by atoms with Gasteiger partial charge in [-0.2, -0.15) is 0 Å². The zero-order valence-electron chi connectivity index (χ0n) is 7.20. The number of hydrogen-bond donors (Lipinski definition) is 2. The summed E-state index contributed by atoms with van der Waals surface area (Å²) in [6.07, 6.45) is 0. The molecule has 6 heteroatoms. The van der Waals surface area contributed by atoms with Crippen molar-refractivity contribution in [2.24, 2.45) is 5.73 Å². The minimum atomic E-state index is -1.50. The van der Waals surface area contributed by atoms with Gasteiger partial charge in [0, 0.05) is 5.69 Å². The van der Waals surface area contributed by atoms with Crippen molar-refractivity contribution in [3.05, 3.63) is 23.2 Å². The number of halogens is 1. The zero-order valence-corrected chi connectivity index (χ0v) is 8.77. The van der Waals surface area contributed by atoms with Crippen molar-refractivity contribution in [1.29, 1.82) is 0 Å². The third-order valence-corrected chi connectivity index (χ3v) is 3.29. The van der Waals surface area contributed by atoms with E-state index in [1.54, 1.807) is 6.07 Å². The van der Waals surface area contributed by atoms with Gasteiger partial charge in [0.05, 0.1) is 20.7 Å². The fourth-order valence-corrected chi connectivity index (χ4v) is 2.27.